The lowest BCUT2D eigenvalue weighted by Gasteiger charge is -2.08. The van der Waals surface area contributed by atoms with Crippen molar-refractivity contribution in [2.45, 2.75) is 6.36 Å². The summed E-state index contributed by atoms with van der Waals surface area (Å²) in [4.78, 5) is 10.2. The molecule has 0 aliphatic rings. The molecule has 1 amide bonds. The van der Waals surface area contributed by atoms with E-state index in [-0.39, 0.29) is 5.69 Å². The fraction of sp³-hybridized carbons (Fsp3) is 0.125. The average molecular weight is 221 g/mol. The maximum Gasteiger partial charge on any atom is 0.573 e. The molecule has 0 heterocycles. The van der Waals surface area contributed by atoms with E-state index in [2.05, 4.69) is 4.74 Å². The summed E-state index contributed by atoms with van der Waals surface area (Å²) in [6.07, 6.45) is -6.04. The number of ether oxygens (including phenoxy) is 1. The predicted molar refractivity (Wildman–Crippen MR) is 44.8 cm³/mol. The minimum Gasteiger partial charge on any atom is -0.465 e. The molecule has 0 aliphatic carbocycles. The Kier molecular flexibility index (Phi) is 3.03. The quantitative estimate of drug-likeness (QED) is 0.807. The number of rotatable bonds is 2. The zero-order valence-electron chi connectivity index (χ0n) is 7.21. The monoisotopic (exact) mass is 221 g/mol. The van der Waals surface area contributed by atoms with Crippen molar-refractivity contribution in [3.05, 3.63) is 24.3 Å². The van der Waals surface area contributed by atoms with Crippen LogP contribution in [0, 0.1) is 0 Å². The largest absolute Gasteiger partial charge is 0.573 e. The Hall–Kier alpha value is -1.92. The number of amides is 1. The van der Waals surface area contributed by atoms with Crippen molar-refractivity contribution in [1.29, 1.82) is 0 Å². The van der Waals surface area contributed by atoms with E-state index in [9.17, 15) is 18.0 Å². The summed E-state index contributed by atoms with van der Waals surface area (Å²) in [5.41, 5.74) is 0.164. The second-order valence-corrected chi connectivity index (χ2v) is 2.50. The predicted octanol–water partition coefficient (Wildman–Crippen LogP) is 2.68. The lowest BCUT2D eigenvalue weighted by Crippen LogP contribution is -2.17. The lowest BCUT2D eigenvalue weighted by molar-refractivity contribution is -0.274. The molecule has 1 aromatic rings. The molecular formula is C8H6F3NO3. The van der Waals surface area contributed by atoms with Gasteiger partial charge in [0.15, 0.2) is 0 Å². The Morgan fingerprint density at radius 2 is 1.80 bits per heavy atom. The van der Waals surface area contributed by atoms with Gasteiger partial charge in [-0.3, -0.25) is 5.32 Å². The second-order valence-electron chi connectivity index (χ2n) is 2.50. The Morgan fingerprint density at radius 1 is 1.27 bits per heavy atom. The zero-order valence-corrected chi connectivity index (χ0v) is 7.21. The Morgan fingerprint density at radius 3 is 2.20 bits per heavy atom. The summed E-state index contributed by atoms with van der Waals surface area (Å²) in [6, 6.07) is 4.35. The van der Waals surface area contributed by atoms with Crippen LogP contribution < -0.4 is 10.1 Å². The summed E-state index contributed by atoms with van der Waals surface area (Å²) in [6.45, 7) is 0. The van der Waals surface area contributed by atoms with Crippen molar-refractivity contribution in [1.82, 2.24) is 0 Å². The summed E-state index contributed by atoms with van der Waals surface area (Å²) in [5, 5.41) is 10.3. The lowest BCUT2D eigenvalue weighted by atomic mass is 10.3. The van der Waals surface area contributed by atoms with Crippen molar-refractivity contribution in [2.24, 2.45) is 0 Å². The van der Waals surface area contributed by atoms with Crippen molar-refractivity contribution in [3.63, 3.8) is 0 Å². The first kappa shape index (κ1) is 11.2. The van der Waals surface area contributed by atoms with Crippen LogP contribution in [0.25, 0.3) is 0 Å². The first-order valence-electron chi connectivity index (χ1n) is 3.72. The van der Waals surface area contributed by atoms with Crippen molar-refractivity contribution in [3.8, 4) is 5.75 Å². The molecule has 7 heteroatoms. The molecular weight excluding hydrogens is 215 g/mol. The molecule has 0 aromatic heterocycles. The first-order valence-corrected chi connectivity index (χ1v) is 3.72. The summed E-state index contributed by atoms with van der Waals surface area (Å²) in [5.74, 6) is -0.404. The maximum absolute atomic E-state index is 11.7. The second kappa shape index (κ2) is 4.07. The van der Waals surface area contributed by atoms with Gasteiger partial charge >= 0.3 is 12.5 Å². The fourth-order valence-electron chi connectivity index (χ4n) is 0.863. The molecule has 0 fully saturated rings. The summed E-state index contributed by atoms with van der Waals surface area (Å²) < 4.78 is 38.7. The number of benzene rings is 1. The Labute approximate surface area is 82.3 Å². The van der Waals surface area contributed by atoms with Gasteiger partial charge in [-0.05, 0) is 24.3 Å². The van der Waals surface area contributed by atoms with E-state index in [1.807, 2.05) is 5.32 Å². The zero-order chi connectivity index (χ0) is 11.5. The van der Waals surface area contributed by atoms with E-state index in [1.165, 1.54) is 0 Å². The van der Waals surface area contributed by atoms with Crippen LogP contribution in [0.1, 0.15) is 0 Å². The van der Waals surface area contributed by atoms with Crippen molar-refractivity contribution < 1.29 is 27.8 Å². The van der Waals surface area contributed by atoms with Gasteiger partial charge in [0.1, 0.15) is 5.75 Å². The number of alkyl halides is 3. The number of hydrogen-bond donors (Lipinski definition) is 2. The fourth-order valence-corrected chi connectivity index (χ4v) is 0.863. The van der Waals surface area contributed by atoms with Crippen LogP contribution in [-0.4, -0.2) is 17.6 Å². The number of nitrogens with one attached hydrogen (secondary N) is 1. The van der Waals surface area contributed by atoms with Crippen LogP contribution in [0.3, 0.4) is 0 Å². The molecule has 1 aromatic carbocycles. The van der Waals surface area contributed by atoms with Gasteiger partial charge in [-0.15, -0.1) is 13.2 Å². The number of carbonyl (C=O) groups is 1. The number of hydrogen-bond acceptors (Lipinski definition) is 2. The minimum atomic E-state index is -4.75. The van der Waals surface area contributed by atoms with Crippen LogP contribution in [0.15, 0.2) is 24.3 Å². The minimum absolute atomic E-state index is 0.164. The molecule has 15 heavy (non-hydrogen) atoms. The van der Waals surface area contributed by atoms with Gasteiger partial charge in [0.2, 0.25) is 0 Å². The Balaban J connectivity index is 2.68. The third-order valence-corrected chi connectivity index (χ3v) is 1.34. The molecule has 0 radical (unpaired) electrons. The number of carboxylic acid groups (broad SMARTS) is 1. The van der Waals surface area contributed by atoms with Gasteiger partial charge in [0.25, 0.3) is 0 Å². The first-order chi connectivity index (χ1) is 6.87. The molecule has 0 bridgehead atoms. The number of anilines is 1. The van der Waals surface area contributed by atoms with E-state index in [0.717, 1.165) is 24.3 Å². The van der Waals surface area contributed by atoms with Crippen molar-refractivity contribution >= 4 is 11.8 Å². The van der Waals surface area contributed by atoms with Gasteiger partial charge in [-0.1, -0.05) is 0 Å². The number of halogens is 3. The topological polar surface area (TPSA) is 58.6 Å². The van der Waals surface area contributed by atoms with Gasteiger partial charge in [0.05, 0.1) is 0 Å². The summed E-state index contributed by atoms with van der Waals surface area (Å²) >= 11 is 0. The van der Waals surface area contributed by atoms with Gasteiger partial charge in [-0.25, -0.2) is 4.79 Å². The molecule has 1 rings (SSSR count). The van der Waals surface area contributed by atoms with Crippen molar-refractivity contribution in [2.75, 3.05) is 5.32 Å². The molecule has 82 valence electrons. The highest BCUT2D eigenvalue weighted by atomic mass is 19.4. The van der Waals surface area contributed by atoms with E-state index in [0.29, 0.717) is 0 Å². The molecule has 0 unspecified atom stereocenters. The molecule has 4 nitrogen and oxygen atoms in total. The van der Waals surface area contributed by atoms with Crippen LogP contribution in [-0.2, 0) is 0 Å². The van der Waals surface area contributed by atoms with Gasteiger partial charge in [0, 0.05) is 5.69 Å². The SMILES string of the molecule is O=C(O)Nc1ccc(OC(F)(F)F)cc1. The highest BCUT2D eigenvalue weighted by Gasteiger charge is 2.30. The third-order valence-electron chi connectivity index (χ3n) is 1.34. The Bertz CT molecular complexity index is 347. The molecule has 0 spiro atoms. The van der Waals surface area contributed by atoms with E-state index in [4.69, 9.17) is 5.11 Å². The molecule has 0 atom stereocenters. The third kappa shape index (κ3) is 4.21. The van der Waals surface area contributed by atoms with Gasteiger partial charge < -0.3 is 9.84 Å². The highest BCUT2D eigenvalue weighted by molar-refractivity contribution is 5.82. The molecule has 0 aliphatic heterocycles. The standard InChI is InChI=1S/C8H6F3NO3/c9-8(10,11)15-6-3-1-5(2-4-6)12-7(13)14/h1-4,12H,(H,13,14). The highest BCUT2D eigenvalue weighted by Crippen LogP contribution is 2.23. The van der Waals surface area contributed by atoms with Crippen LogP contribution in [0.2, 0.25) is 0 Å². The van der Waals surface area contributed by atoms with Crippen LogP contribution in [0.5, 0.6) is 5.75 Å². The summed E-state index contributed by atoms with van der Waals surface area (Å²) in [7, 11) is 0. The smallest absolute Gasteiger partial charge is 0.465 e. The molecule has 2 N–H and O–H groups in total. The van der Waals surface area contributed by atoms with E-state index >= 15 is 0 Å². The molecule has 0 saturated carbocycles. The normalized spacial score (nSPS) is 10.9. The van der Waals surface area contributed by atoms with Crippen LogP contribution >= 0.6 is 0 Å². The maximum atomic E-state index is 11.7. The average Bonchev–Trinajstić information content (AvgIpc) is 2.05. The molecule has 0 saturated heterocycles. The van der Waals surface area contributed by atoms with Gasteiger partial charge in [-0.2, -0.15) is 0 Å². The van der Waals surface area contributed by atoms with E-state index in [1.54, 1.807) is 0 Å². The van der Waals surface area contributed by atoms with Crippen LogP contribution in [0.4, 0.5) is 23.7 Å². The van der Waals surface area contributed by atoms with E-state index < -0.39 is 18.2 Å².